The summed E-state index contributed by atoms with van der Waals surface area (Å²) < 4.78 is 5.05. The molecule has 1 unspecified atom stereocenters. The minimum atomic E-state index is 0.479. The van der Waals surface area contributed by atoms with Crippen LogP contribution < -0.4 is 5.32 Å². The lowest BCUT2D eigenvalue weighted by atomic mass is 10.2. The molecule has 0 aromatic rings. The molecule has 1 N–H and O–H groups in total. The molecule has 0 spiro atoms. The van der Waals surface area contributed by atoms with Gasteiger partial charge < -0.3 is 10.1 Å². The fourth-order valence-electron chi connectivity index (χ4n) is 1.02. The van der Waals surface area contributed by atoms with Gasteiger partial charge in [0, 0.05) is 19.6 Å². The van der Waals surface area contributed by atoms with Crippen LogP contribution in [0, 0.1) is 12.3 Å². The standard InChI is InChI=1S/C10H19NO/c1-4-6-7-8-11-10(5-2)9-12-3/h1,10-11H,5-9H2,2-3H3. The van der Waals surface area contributed by atoms with Gasteiger partial charge in [-0.05, 0) is 19.4 Å². The second-order valence-corrected chi connectivity index (χ2v) is 2.82. The highest BCUT2D eigenvalue weighted by Crippen LogP contribution is 1.92. The molecule has 0 aliphatic carbocycles. The third kappa shape index (κ3) is 6.21. The Hall–Kier alpha value is -0.520. The van der Waals surface area contributed by atoms with Crippen molar-refractivity contribution < 1.29 is 4.74 Å². The molecule has 1 atom stereocenters. The van der Waals surface area contributed by atoms with Crippen LogP contribution >= 0.6 is 0 Å². The number of unbranched alkanes of at least 4 members (excludes halogenated alkanes) is 1. The Morgan fingerprint density at radius 3 is 2.83 bits per heavy atom. The van der Waals surface area contributed by atoms with Crippen LogP contribution in [-0.4, -0.2) is 26.3 Å². The first-order chi connectivity index (χ1) is 5.85. The third-order valence-corrected chi connectivity index (χ3v) is 1.79. The molecule has 0 aromatic heterocycles. The van der Waals surface area contributed by atoms with Crippen molar-refractivity contribution in [3.05, 3.63) is 0 Å². The van der Waals surface area contributed by atoms with Gasteiger partial charge in [-0.15, -0.1) is 12.3 Å². The Morgan fingerprint density at radius 1 is 1.58 bits per heavy atom. The van der Waals surface area contributed by atoms with Gasteiger partial charge in [0.05, 0.1) is 6.61 Å². The lowest BCUT2D eigenvalue weighted by Gasteiger charge is -2.14. The van der Waals surface area contributed by atoms with E-state index in [1.54, 1.807) is 7.11 Å². The zero-order chi connectivity index (χ0) is 9.23. The molecule has 70 valence electrons. The van der Waals surface area contributed by atoms with Crippen molar-refractivity contribution in [2.24, 2.45) is 0 Å². The van der Waals surface area contributed by atoms with E-state index in [1.807, 2.05) is 0 Å². The maximum atomic E-state index is 5.13. The van der Waals surface area contributed by atoms with E-state index in [4.69, 9.17) is 11.2 Å². The summed E-state index contributed by atoms with van der Waals surface area (Å²) in [5.74, 6) is 2.62. The average molecular weight is 169 g/mol. The van der Waals surface area contributed by atoms with Gasteiger partial charge in [0.2, 0.25) is 0 Å². The smallest absolute Gasteiger partial charge is 0.0615 e. The summed E-state index contributed by atoms with van der Waals surface area (Å²) in [6, 6.07) is 0.479. The van der Waals surface area contributed by atoms with Crippen LogP contribution in [0.1, 0.15) is 26.2 Å². The largest absolute Gasteiger partial charge is 0.383 e. The van der Waals surface area contributed by atoms with E-state index in [9.17, 15) is 0 Å². The van der Waals surface area contributed by atoms with E-state index in [2.05, 4.69) is 18.2 Å². The first-order valence-electron chi connectivity index (χ1n) is 4.50. The SMILES string of the molecule is C#CCCCNC(CC)COC. The summed E-state index contributed by atoms with van der Waals surface area (Å²) in [5.41, 5.74) is 0. The van der Waals surface area contributed by atoms with Crippen LogP contribution in [0.3, 0.4) is 0 Å². The lowest BCUT2D eigenvalue weighted by Crippen LogP contribution is -2.33. The van der Waals surface area contributed by atoms with Crippen molar-refractivity contribution >= 4 is 0 Å². The second-order valence-electron chi connectivity index (χ2n) is 2.82. The summed E-state index contributed by atoms with van der Waals surface area (Å²) >= 11 is 0. The summed E-state index contributed by atoms with van der Waals surface area (Å²) in [6.45, 7) is 3.93. The number of terminal acetylenes is 1. The minimum absolute atomic E-state index is 0.479. The molecule has 0 saturated carbocycles. The topological polar surface area (TPSA) is 21.3 Å². The normalized spacial score (nSPS) is 12.4. The quantitative estimate of drug-likeness (QED) is 0.459. The third-order valence-electron chi connectivity index (χ3n) is 1.79. The van der Waals surface area contributed by atoms with Crippen molar-refractivity contribution in [2.75, 3.05) is 20.3 Å². The molecule has 0 fully saturated rings. The van der Waals surface area contributed by atoms with Crippen LogP contribution in [0.5, 0.6) is 0 Å². The summed E-state index contributed by atoms with van der Waals surface area (Å²) in [5, 5.41) is 3.38. The Balaban J connectivity index is 3.26. The number of methoxy groups -OCH3 is 1. The fourth-order valence-corrected chi connectivity index (χ4v) is 1.02. The van der Waals surface area contributed by atoms with Crippen molar-refractivity contribution in [2.45, 2.75) is 32.2 Å². The molecule has 0 aliphatic rings. The highest BCUT2D eigenvalue weighted by Gasteiger charge is 2.02. The van der Waals surface area contributed by atoms with Crippen LogP contribution in [0.2, 0.25) is 0 Å². The first-order valence-corrected chi connectivity index (χ1v) is 4.50. The molecule has 0 saturated heterocycles. The van der Waals surface area contributed by atoms with E-state index >= 15 is 0 Å². The van der Waals surface area contributed by atoms with Crippen molar-refractivity contribution in [3.63, 3.8) is 0 Å². The van der Waals surface area contributed by atoms with Crippen molar-refractivity contribution in [1.82, 2.24) is 5.32 Å². The molecule has 0 aliphatic heterocycles. The Kier molecular flexibility index (Phi) is 8.20. The van der Waals surface area contributed by atoms with Gasteiger partial charge >= 0.3 is 0 Å². The van der Waals surface area contributed by atoms with Gasteiger partial charge in [0.15, 0.2) is 0 Å². The predicted molar refractivity (Wildman–Crippen MR) is 52.0 cm³/mol. The number of hydrogen-bond acceptors (Lipinski definition) is 2. The van der Waals surface area contributed by atoms with E-state index in [-0.39, 0.29) is 0 Å². The molecule has 0 radical (unpaired) electrons. The van der Waals surface area contributed by atoms with E-state index in [0.29, 0.717) is 6.04 Å². The average Bonchev–Trinajstić information content (AvgIpc) is 2.10. The van der Waals surface area contributed by atoms with E-state index in [0.717, 1.165) is 32.4 Å². The van der Waals surface area contributed by atoms with Crippen LogP contribution in [0.25, 0.3) is 0 Å². The molecule has 0 bridgehead atoms. The van der Waals surface area contributed by atoms with Crippen molar-refractivity contribution in [3.8, 4) is 12.3 Å². The van der Waals surface area contributed by atoms with Gasteiger partial charge in [-0.25, -0.2) is 0 Å². The Morgan fingerprint density at radius 2 is 2.33 bits per heavy atom. The lowest BCUT2D eigenvalue weighted by molar-refractivity contribution is 0.164. The Labute approximate surface area is 75.7 Å². The van der Waals surface area contributed by atoms with Crippen molar-refractivity contribution in [1.29, 1.82) is 0 Å². The maximum Gasteiger partial charge on any atom is 0.0615 e. The maximum absolute atomic E-state index is 5.13. The molecular weight excluding hydrogens is 150 g/mol. The summed E-state index contributed by atoms with van der Waals surface area (Å²) in [6.07, 6.45) is 8.15. The zero-order valence-corrected chi connectivity index (χ0v) is 8.10. The van der Waals surface area contributed by atoms with E-state index in [1.165, 1.54) is 0 Å². The monoisotopic (exact) mass is 169 g/mol. The highest BCUT2D eigenvalue weighted by molar-refractivity contribution is 4.83. The fraction of sp³-hybridized carbons (Fsp3) is 0.800. The molecule has 0 amide bonds. The number of hydrogen-bond donors (Lipinski definition) is 1. The number of nitrogens with one attached hydrogen (secondary N) is 1. The summed E-state index contributed by atoms with van der Waals surface area (Å²) in [4.78, 5) is 0. The zero-order valence-electron chi connectivity index (χ0n) is 8.10. The van der Waals surface area contributed by atoms with Crippen LogP contribution in [0.4, 0.5) is 0 Å². The Bertz CT molecular complexity index is 128. The van der Waals surface area contributed by atoms with Gasteiger partial charge in [-0.3, -0.25) is 0 Å². The van der Waals surface area contributed by atoms with Gasteiger partial charge in [-0.1, -0.05) is 6.92 Å². The van der Waals surface area contributed by atoms with E-state index < -0.39 is 0 Å². The molecule has 0 heterocycles. The van der Waals surface area contributed by atoms with Gasteiger partial charge in [0.1, 0.15) is 0 Å². The molecular formula is C10H19NO. The van der Waals surface area contributed by atoms with Gasteiger partial charge in [0.25, 0.3) is 0 Å². The van der Waals surface area contributed by atoms with Crippen LogP contribution in [0.15, 0.2) is 0 Å². The van der Waals surface area contributed by atoms with Gasteiger partial charge in [-0.2, -0.15) is 0 Å². The molecule has 0 rings (SSSR count). The molecule has 12 heavy (non-hydrogen) atoms. The number of ether oxygens (including phenoxy) is 1. The first kappa shape index (κ1) is 11.5. The number of rotatable bonds is 7. The minimum Gasteiger partial charge on any atom is -0.383 e. The van der Waals surface area contributed by atoms with Crippen LogP contribution in [-0.2, 0) is 4.74 Å². The molecule has 2 nitrogen and oxygen atoms in total. The molecule has 2 heteroatoms. The molecule has 0 aromatic carbocycles. The second kappa shape index (κ2) is 8.58. The predicted octanol–water partition coefficient (Wildman–Crippen LogP) is 1.41. The highest BCUT2D eigenvalue weighted by atomic mass is 16.5. The summed E-state index contributed by atoms with van der Waals surface area (Å²) in [7, 11) is 1.73.